The van der Waals surface area contributed by atoms with E-state index in [1.807, 2.05) is 0 Å². The molecule has 0 radical (unpaired) electrons. The highest BCUT2D eigenvalue weighted by Gasteiger charge is 2.26. The number of nitrogens with two attached hydrogens (primary N) is 1. The van der Waals surface area contributed by atoms with Gasteiger partial charge in [-0.3, -0.25) is 18.6 Å². The molecule has 53 heavy (non-hydrogen) atoms. The van der Waals surface area contributed by atoms with Gasteiger partial charge in [-0.2, -0.15) is 0 Å². The summed E-state index contributed by atoms with van der Waals surface area (Å²) in [5.74, 6) is -0.838. The zero-order valence-electron chi connectivity index (χ0n) is 34.3. The molecule has 0 aliphatic carbocycles. The van der Waals surface area contributed by atoms with Crippen LogP contribution in [0.1, 0.15) is 206 Å². The summed E-state index contributed by atoms with van der Waals surface area (Å²) in [4.78, 5) is 34.8. The average Bonchev–Trinajstić information content (AvgIpc) is 3.14. The Morgan fingerprint density at radius 2 is 0.925 bits per heavy atom. The highest BCUT2D eigenvalue weighted by molar-refractivity contribution is 7.47. The van der Waals surface area contributed by atoms with Crippen molar-refractivity contribution >= 4 is 19.8 Å². The molecule has 0 fully saturated rings. The predicted molar refractivity (Wildman–Crippen MR) is 220 cm³/mol. The Balaban J connectivity index is 4.15. The highest BCUT2D eigenvalue weighted by Crippen LogP contribution is 2.43. The quantitative estimate of drug-likeness (QED) is 0.0269. The predicted octanol–water partition coefficient (Wildman–Crippen LogP) is 12.4. The average molecular weight is 772 g/mol. The zero-order valence-corrected chi connectivity index (χ0v) is 35.2. The van der Waals surface area contributed by atoms with Crippen molar-refractivity contribution in [3.05, 3.63) is 24.3 Å². The minimum atomic E-state index is -4.38. The Morgan fingerprint density at radius 1 is 0.547 bits per heavy atom. The van der Waals surface area contributed by atoms with Crippen molar-refractivity contribution in [3.8, 4) is 0 Å². The maximum absolute atomic E-state index is 12.6. The molecule has 0 aromatic heterocycles. The van der Waals surface area contributed by atoms with Gasteiger partial charge >= 0.3 is 19.8 Å². The number of unbranched alkanes of at least 4 members (excludes halogenated alkanes) is 24. The molecule has 0 rings (SSSR count). The molecule has 0 aromatic carbocycles. The lowest BCUT2D eigenvalue weighted by atomic mass is 10.1. The molecule has 1 unspecified atom stereocenters. The lowest BCUT2D eigenvalue weighted by Crippen LogP contribution is -2.29. The fourth-order valence-electron chi connectivity index (χ4n) is 6.04. The number of rotatable bonds is 41. The van der Waals surface area contributed by atoms with E-state index in [9.17, 15) is 19.0 Å². The van der Waals surface area contributed by atoms with Gasteiger partial charge in [0.2, 0.25) is 0 Å². The van der Waals surface area contributed by atoms with Crippen molar-refractivity contribution in [2.75, 3.05) is 26.4 Å². The second kappa shape index (κ2) is 40.2. The second-order valence-corrected chi connectivity index (χ2v) is 16.0. The van der Waals surface area contributed by atoms with Gasteiger partial charge in [0.15, 0.2) is 6.10 Å². The number of esters is 2. The van der Waals surface area contributed by atoms with Crippen LogP contribution in [-0.4, -0.2) is 49.3 Å². The van der Waals surface area contributed by atoms with Gasteiger partial charge in [0.25, 0.3) is 0 Å². The van der Waals surface area contributed by atoms with Crippen LogP contribution < -0.4 is 5.73 Å². The van der Waals surface area contributed by atoms with Gasteiger partial charge < -0.3 is 20.1 Å². The molecule has 10 heteroatoms. The largest absolute Gasteiger partial charge is 0.472 e. The summed E-state index contributed by atoms with van der Waals surface area (Å²) < 4.78 is 32.8. The molecule has 0 aromatic rings. The Kier molecular flexibility index (Phi) is 39.0. The number of carbonyl (C=O) groups excluding carboxylic acids is 2. The Hall–Kier alpha value is -1.51. The number of phosphoric acid groups is 1. The number of hydrogen-bond acceptors (Lipinski definition) is 8. The van der Waals surface area contributed by atoms with Crippen LogP contribution >= 0.6 is 7.82 Å². The van der Waals surface area contributed by atoms with Crippen molar-refractivity contribution < 1.29 is 37.6 Å². The normalized spacial score (nSPS) is 13.5. The molecule has 0 spiro atoms. The monoisotopic (exact) mass is 772 g/mol. The molecule has 0 bridgehead atoms. The number of ether oxygens (including phenoxy) is 2. The number of phosphoric ester groups is 1. The van der Waals surface area contributed by atoms with E-state index in [0.29, 0.717) is 6.42 Å². The third-order valence-electron chi connectivity index (χ3n) is 9.31. The minimum Gasteiger partial charge on any atom is -0.462 e. The molecule has 0 heterocycles. The standard InChI is InChI=1S/C43H82NO8P/c1-3-5-7-9-11-13-15-17-19-20-22-23-25-27-29-31-33-35-42(45)49-39-41(40-51-53(47,48)50-38-37-44)52-43(46)36-34-32-30-28-26-24-21-18-16-14-12-10-8-6-4-2/h17-19,21,41H,3-16,20,22-40,44H2,1-2H3,(H,47,48)/b19-17-,21-18-/t41-/m1/s1. The summed E-state index contributed by atoms with van der Waals surface area (Å²) in [6.45, 7) is 3.72. The third-order valence-corrected chi connectivity index (χ3v) is 10.3. The Bertz CT molecular complexity index is 928. The summed E-state index contributed by atoms with van der Waals surface area (Å²) in [5.41, 5.74) is 5.34. The van der Waals surface area contributed by atoms with Crippen LogP contribution in [0, 0.1) is 0 Å². The van der Waals surface area contributed by atoms with Crippen LogP contribution in [0.2, 0.25) is 0 Å². The van der Waals surface area contributed by atoms with Gasteiger partial charge in [-0.1, -0.05) is 154 Å². The molecule has 0 aliphatic rings. The third kappa shape index (κ3) is 40.0. The van der Waals surface area contributed by atoms with Gasteiger partial charge in [0, 0.05) is 19.4 Å². The molecule has 312 valence electrons. The van der Waals surface area contributed by atoms with Gasteiger partial charge in [-0.15, -0.1) is 0 Å². The molecule has 0 aliphatic heterocycles. The van der Waals surface area contributed by atoms with E-state index >= 15 is 0 Å². The molecule has 9 nitrogen and oxygen atoms in total. The zero-order chi connectivity index (χ0) is 38.9. The molecule has 2 atom stereocenters. The summed E-state index contributed by atoms with van der Waals surface area (Å²) in [6, 6.07) is 0. The maximum atomic E-state index is 12.6. The summed E-state index contributed by atoms with van der Waals surface area (Å²) in [7, 11) is -4.38. The van der Waals surface area contributed by atoms with Crippen molar-refractivity contribution in [2.24, 2.45) is 5.73 Å². The van der Waals surface area contributed by atoms with Gasteiger partial charge in [0.05, 0.1) is 13.2 Å². The van der Waals surface area contributed by atoms with Gasteiger partial charge in [-0.05, 0) is 64.2 Å². The smallest absolute Gasteiger partial charge is 0.462 e. The number of hydrogen-bond donors (Lipinski definition) is 2. The van der Waals surface area contributed by atoms with Crippen molar-refractivity contribution in [2.45, 2.75) is 213 Å². The van der Waals surface area contributed by atoms with E-state index in [4.69, 9.17) is 24.3 Å². The lowest BCUT2D eigenvalue weighted by molar-refractivity contribution is -0.161. The first-order chi connectivity index (χ1) is 25.8. The SMILES string of the molecule is CCCCCCCC/C=C\CCCCCCCCCC(=O)OC[C@H](COP(=O)(O)OCCN)OC(=O)CCCCCCC/C=C\CCCCCCCC. The minimum absolute atomic E-state index is 0.0525. The fraction of sp³-hybridized carbons (Fsp3) is 0.860. The first kappa shape index (κ1) is 51.5. The fourth-order valence-corrected chi connectivity index (χ4v) is 6.80. The van der Waals surface area contributed by atoms with E-state index in [-0.39, 0.29) is 38.6 Å². The number of allylic oxidation sites excluding steroid dienone is 4. The van der Waals surface area contributed by atoms with Crippen LogP contribution in [-0.2, 0) is 32.7 Å². The second-order valence-electron chi connectivity index (χ2n) is 14.6. The van der Waals surface area contributed by atoms with Crippen molar-refractivity contribution in [1.29, 1.82) is 0 Å². The molecule has 0 amide bonds. The summed E-state index contributed by atoms with van der Waals surface area (Å²) in [6.07, 6.45) is 42.0. The van der Waals surface area contributed by atoms with E-state index in [2.05, 4.69) is 38.2 Å². The van der Waals surface area contributed by atoms with Crippen LogP contribution in [0.4, 0.5) is 0 Å². The van der Waals surface area contributed by atoms with Gasteiger partial charge in [0.1, 0.15) is 6.61 Å². The molecular weight excluding hydrogens is 689 g/mol. The molecule has 0 saturated carbocycles. The van der Waals surface area contributed by atoms with Crippen LogP contribution in [0.25, 0.3) is 0 Å². The van der Waals surface area contributed by atoms with E-state index in [0.717, 1.165) is 64.2 Å². The van der Waals surface area contributed by atoms with E-state index < -0.39 is 26.5 Å². The summed E-state index contributed by atoms with van der Waals surface area (Å²) in [5, 5.41) is 0. The van der Waals surface area contributed by atoms with E-state index in [1.165, 1.54) is 109 Å². The van der Waals surface area contributed by atoms with Crippen LogP contribution in [0.3, 0.4) is 0 Å². The molecule has 0 saturated heterocycles. The van der Waals surface area contributed by atoms with Crippen molar-refractivity contribution in [3.63, 3.8) is 0 Å². The van der Waals surface area contributed by atoms with Crippen LogP contribution in [0.15, 0.2) is 24.3 Å². The Morgan fingerprint density at radius 3 is 1.34 bits per heavy atom. The topological polar surface area (TPSA) is 134 Å². The lowest BCUT2D eigenvalue weighted by Gasteiger charge is -2.19. The highest BCUT2D eigenvalue weighted by atomic mass is 31.2. The Labute approximate surface area is 325 Å². The molecular formula is C43H82NO8P. The summed E-state index contributed by atoms with van der Waals surface area (Å²) >= 11 is 0. The first-order valence-corrected chi connectivity index (χ1v) is 23.3. The van der Waals surface area contributed by atoms with Crippen molar-refractivity contribution in [1.82, 2.24) is 0 Å². The van der Waals surface area contributed by atoms with Gasteiger partial charge in [-0.25, -0.2) is 4.57 Å². The molecule has 3 N–H and O–H groups in total. The van der Waals surface area contributed by atoms with Crippen LogP contribution in [0.5, 0.6) is 0 Å². The van der Waals surface area contributed by atoms with E-state index in [1.54, 1.807) is 0 Å². The maximum Gasteiger partial charge on any atom is 0.472 e. The number of carbonyl (C=O) groups is 2. The first-order valence-electron chi connectivity index (χ1n) is 21.8.